The number of ether oxygens (including phenoxy) is 1. The number of rotatable bonds is 10. The Morgan fingerprint density at radius 1 is 1.12 bits per heavy atom. The van der Waals surface area contributed by atoms with Gasteiger partial charge < -0.3 is 5.11 Å². The van der Waals surface area contributed by atoms with Crippen molar-refractivity contribution in [3.05, 3.63) is 60.2 Å². The maximum absolute atomic E-state index is 9.32. The molecule has 0 fully saturated rings. The number of nitrogens with one attached hydrogen (secondary N) is 2. The molecule has 0 spiro atoms. The zero-order valence-electron chi connectivity index (χ0n) is 19.7. The summed E-state index contributed by atoms with van der Waals surface area (Å²) >= 11 is 0. The van der Waals surface area contributed by atoms with Crippen molar-refractivity contribution in [2.75, 3.05) is 11.9 Å². The molecule has 172 valence electrons. The third kappa shape index (κ3) is 7.95. The fourth-order valence-electron chi connectivity index (χ4n) is 3.15. The zero-order valence-corrected chi connectivity index (χ0v) is 19.7. The van der Waals surface area contributed by atoms with Crippen molar-refractivity contribution < 1.29 is 9.84 Å². The van der Waals surface area contributed by atoms with Crippen molar-refractivity contribution in [3.63, 3.8) is 0 Å². The summed E-state index contributed by atoms with van der Waals surface area (Å²) in [5.74, 6) is 1.78. The first-order valence-corrected chi connectivity index (χ1v) is 11.1. The number of hydrogen-bond acceptors (Lipinski definition) is 8. The summed E-state index contributed by atoms with van der Waals surface area (Å²) in [6.45, 7) is 10.8. The Hall–Kier alpha value is -3.33. The van der Waals surface area contributed by atoms with Crippen LogP contribution in [0.5, 0.6) is 0 Å². The number of nitrogens with zero attached hydrogens (tertiary/aromatic N) is 4. The summed E-state index contributed by atoms with van der Waals surface area (Å²) in [5, 5.41) is 15.8. The first kappa shape index (κ1) is 24.3. The SMILES string of the molecule is CB=C(NCCCc1cncc(-c2ncnc(Nc3cccc(CO)c3)n2)c1)OC(C)(C)C. The first-order chi connectivity index (χ1) is 15.9. The predicted octanol–water partition coefficient (Wildman–Crippen LogP) is 3.35. The van der Waals surface area contributed by atoms with E-state index in [4.69, 9.17) is 4.74 Å². The van der Waals surface area contributed by atoms with Crippen LogP contribution in [0.15, 0.2) is 49.1 Å². The standard InChI is InChI=1S/C24H31BN6O2/c1-24(2,3)33-22(25-4)27-10-6-8-17-11-19(14-26-13-17)21-28-16-29-23(31-21)30-20-9-5-7-18(12-20)15-32/h5,7,9,11-14,16,27,32H,6,8,10,15H2,1-4H3,(H,28,29,30,31). The zero-order chi connectivity index (χ0) is 23.7. The number of aliphatic hydroxyl groups excluding tert-OH is 1. The van der Waals surface area contributed by atoms with Crippen molar-refractivity contribution in [1.82, 2.24) is 25.3 Å². The van der Waals surface area contributed by atoms with Crippen LogP contribution in [0, 0.1) is 0 Å². The summed E-state index contributed by atoms with van der Waals surface area (Å²) in [4.78, 5) is 17.4. The van der Waals surface area contributed by atoms with E-state index in [0.717, 1.165) is 47.5 Å². The molecule has 1 aromatic carbocycles. The van der Waals surface area contributed by atoms with E-state index in [1.54, 1.807) is 6.20 Å². The molecular weight excluding hydrogens is 415 g/mol. The van der Waals surface area contributed by atoms with E-state index < -0.39 is 0 Å². The van der Waals surface area contributed by atoms with Gasteiger partial charge in [-0.15, -0.1) is 0 Å². The second-order valence-electron chi connectivity index (χ2n) is 8.60. The van der Waals surface area contributed by atoms with Gasteiger partial charge in [-0.25, -0.2) is 0 Å². The van der Waals surface area contributed by atoms with E-state index >= 15 is 0 Å². The Morgan fingerprint density at radius 2 is 1.97 bits per heavy atom. The molecule has 0 saturated heterocycles. The van der Waals surface area contributed by atoms with Crippen LogP contribution < -0.4 is 10.6 Å². The first-order valence-electron chi connectivity index (χ1n) is 11.1. The van der Waals surface area contributed by atoms with Gasteiger partial charge in [0.05, 0.1) is 6.61 Å². The summed E-state index contributed by atoms with van der Waals surface area (Å²) in [7, 11) is 0. The molecule has 0 aliphatic rings. The van der Waals surface area contributed by atoms with Crippen molar-refractivity contribution >= 4 is 24.3 Å². The van der Waals surface area contributed by atoms with E-state index in [2.05, 4.69) is 36.6 Å². The summed E-state index contributed by atoms with van der Waals surface area (Å²) < 4.78 is 5.88. The molecule has 0 radical (unpaired) electrons. The van der Waals surface area contributed by atoms with Gasteiger partial charge in [0.2, 0.25) is 0 Å². The van der Waals surface area contributed by atoms with Gasteiger partial charge in [0.25, 0.3) is 0 Å². The van der Waals surface area contributed by atoms with Crippen LogP contribution in [0.4, 0.5) is 11.6 Å². The Bertz CT molecular complexity index is 1080. The van der Waals surface area contributed by atoms with Crippen molar-refractivity contribution in [1.29, 1.82) is 0 Å². The quantitative estimate of drug-likeness (QED) is 0.322. The van der Waals surface area contributed by atoms with Crippen molar-refractivity contribution in [3.8, 4) is 11.4 Å². The number of pyridine rings is 1. The number of anilines is 2. The molecule has 0 unspecified atom stereocenters. The molecule has 0 aliphatic carbocycles. The van der Waals surface area contributed by atoms with Crippen LogP contribution in [-0.2, 0) is 17.8 Å². The van der Waals surface area contributed by atoms with Gasteiger partial charge in [-0.3, -0.25) is 0 Å². The van der Waals surface area contributed by atoms with Gasteiger partial charge in [0.15, 0.2) is 0 Å². The van der Waals surface area contributed by atoms with Crippen molar-refractivity contribution in [2.45, 2.75) is 52.6 Å². The number of aryl methyl sites for hydroxylation is 1. The Morgan fingerprint density at radius 3 is 2.73 bits per heavy atom. The third-order valence-corrected chi connectivity index (χ3v) is 4.61. The second-order valence-corrected chi connectivity index (χ2v) is 8.60. The van der Waals surface area contributed by atoms with Gasteiger partial charge in [-0.05, 0) is 17.7 Å². The number of aliphatic hydroxyl groups is 1. The van der Waals surface area contributed by atoms with Gasteiger partial charge in [-0.1, -0.05) is 12.1 Å². The molecule has 0 bridgehead atoms. The molecule has 3 rings (SSSR count). The fourth-order valence-corrected chi connectivity index (χ4v) is 3.15. The third-order valence-electron chi connectivity index (χ3n) is 4.61. The summed E-state index contributed by atoms with van der Waals surface area (Å²) in [6.07, 6.45) is 6.89. The van der Waals surface area contributed by atoms with E-state index in [0.29, 0.717) is 11.8 Å². The average Bonchev–Trinajstić information content (AvgIpc) is 2.81. The van der Waals surface area contributed by atoms with E-state index in [1.807, 2.05) is 65.0 Å². The van der Waals surface area contributed by atoms with Crippen LogP contribution in [-0.4, -0.2) is 49.9 Å². The summed E-state index contributed by atoms with van der Waals surface area (Å²) in [5.41, 5.74) is 3.33. The minimum atomic E-state index is -0.229. The summed E-state index contributed by atoms with van der Waals surface area (Å²) in [6, 6.07) is 9.52. The van der Waals surface area contributed by atoms with Crippen LogP contribution >= 0.6 is 0 Å². The molecule has 9 heteroatoms. The Labute approximate surface area is 195 Å². The Kier molecular flexibility index (Phi) is 8.49. The molecule has 0 atom stereocenters. The van der Waals surface area contributed by atoms with E-state index in [9.17, 15) is 5.11 Å². The van der Waals surface area contributed by atoms with Crippen LogP contribution in [0.25, 0.3) is 11.4 Å². The molecule has 2 aromatic heterocycles. The topological polar surface area (TPSA) is 105 Å². The number of aromatic nitrogens is 4. The molecule has 2 heterocycles. The van der Waals surface area contributed by atoms with Gasteiger partial charge in [0, 0.05) is 5.69 Å². The van der Waals surface area contributed by atoms with Gasteiger partial charge in [-0.2, -0.15) is 0 Å². The molecule has 0 amide bonds. The van der Waals surface area contributed by atoms with Crippen LogP contribution in [0.1, 0.15) is 38.3 Å². The molecule has 0 saturated carbocycles. The normalized spacial score (nSPS) is 11.6. The molecule has 8 nitrogen and oxygen atoms in total. The van der Waals surface area contributed by atoms with E-state index in [1.165, 1.54) is 6.33 Å². The second kappa shape index (κ2) is 11.5. The van der Waals surface area contributed by atoms with Gasteiger partial charge >= 0.3 is 148 Å². The maximum atomic E-state index is 9.32. The van der Waals surface area contributed by atoms with Gasteiger partial charge in [0.1, 0.15) is 0 Å². The molecular formula is C24H31BN6O2. The predicted molar refractivity (Wildman–Crippen MR) is 132 cm³/mol. The van der Waals surface area contributed by atoms with Crippen LogP contribution in [0.2, 0.25) is 6.82 Å². The van der Waals surface area contributed by atoms with Crippen LogP contribution in [0.3, 0.4) is 0 Å². The molecule has 0 aliphatic heterocycles. The molecule has 3 N–H and O–H groups in total. The minimum absolute atomic E-state index is 0.0222. The average molecular weight is 446 g/mol. The molecule has 3 aromatic rings. The Balaban J connectivity index is 1.60. The number of hydrogen-bond donors (Lipinski definition) is 3. The van der Waals surface area contributed by atoms with Crippen molar-refractivity contribution in [2.24, 2.45) is 0 Å². The number of benzene rings is 1. The monoisotopic (exact) mass is 446 g/mol. The fraction of sp³-hybridized carbons (Fsp3) is 0.375. The molecule has 33 heavy (non-hydrogen) atoms. The van der Waals surface area contributed by atoms with E-state index in [-0.39, 0.29) is 12.2 Å².